The summed E-state index contributed by atoms with van der Waals surface area (Å²) in [4.78, 5) is 7.30. The van der Waals surface area contributed by atoms with Gasteiger partial charge in [-0.15, -0.1) is 35.3 Å². The quantitative estimate of drug-likeness (QED) is 0.445. The number of thioether (sulfide) groups is 3. The van der Waals surface area contributed by atoms with E-state index in [4.69, 9.17) is 12.2 Å². The van der Waals surface area contributed by atoms with Crippen molar-refractivity contribution in [3.05, 3.63) is 9.81 Å². The van der Waals surface area contributed by atoms with Crippen LogP contribution in [0.25, 0.3) is 0 Å². The van der Waals surface area contributed by atoms with Crippen molar-refractivity contribution in [3.63, 3.8) is 0 Å². The van der Waals surface area contributed by atoms with Crippen LogP contribution in [0.4, 0.5) is 0 Å². The fourth-order valence-electron chi connectivity index (χ4n) is 2.22. The first-order valence-corrected chi connectivity index (χ1v) is 10.8. The lowest BCUT2D eigenvalue weighted by Crippen LogP contribution is -2.45. The van der Waals surface area contributed by atoms with Gasteiger partial charge >= 0.3 is 0 Å². The summed E-state index contributed by atoms with van der Waals surface area (Å²) in [6.45, 7) is 13.6. The van der Waals surface area contributed by atoms with Crippen molar-refractivity contribution in [1.82, 2.24) is 9.80 Å². The van der Waals surface area contributed by atoms with Crippen molar-refractivity contribution >= 4 is 52.6 Å². The molecule has 0 unspecified atom stereocenters. The monoisotopic (exact) mass is 378 g/mol. The van der Waals surface area contributed by atoms with Crippen LogP contribution >= 0.6 is 47.5 Å². The van der Waals surface area contributed by atoms with Gasteiger partial charge in [0.2, 0.25) is 0 Å². The standard InChI is InChI=1S/C16H30N2S4/c1-10(2)20-13-14(21-11(3)4)16(13,22-12(5)6)18(9)15(19)17(7)8/h10-12H,1-9H3. The Morgan fingerprint density at radius 2 is 1.27 bits per heavy atom. The SMILES string of the molecule is CC(C)SC1=C(SC(C)C)C1(SC(C)C)N(C)C(=S)N(C)C. The Hall–Kier alpha value is 0.480. The van der Waals surface area contributed by atoms with E-state index in [1.165, 1.54) is 9.81 Å². The zero-order valence-electron chi connectivity index (χ0n) is 15.3. The molecule has 0 amide bonds. The Balaban J connectivity index is 3.14. The maximum absolute atomic E-state index is 5.67. The Bertz CT molecular complexity index is 421. The highest BCUT2D eigenvalue weighted by molar-refractivity contribution is 8.13. The Kier molecular flexibility index (Phi) is 7.50. The molecule has 0 saturated carbocycles. The molecule has 0 aliphatic heterocycles. The van der Waals surface area contributed by atoms with Crippen LogP contribution < -0.4 is 0 Å². The Morgan fingerprint density at radius 1 is 0.864 bits per heavy atom. The van der Waals surface area contributed by atoms with Gasteiger partial charge in [0.05, 0.1) is 0 Å². The molecule has 2 nitrogen and oxygen atoms in total. The van der Waals surface area contributed by atoms with Gasteiger partial charge in [-0.25, -0.2) is 0 Å². The van der Waals surface area contributed by atoms with Gasteiger partial charge in [-0.2, -0.15) is 0 Å². The normalized spacial score (nSPS) is 16.7. The molecular weight excluding hydrogens is 348 g/mol. The highest BCUT2D eigenvalue weighted by atomic mass is 32.2. The summed E-state index contributed by atoms with van der Waals surface area (Å²) in [6, 6.07) is 0. The largest absolute Gasteiger partial charge is 0.355 e. The van der Waals surface area contributed by atoms with E-state index in [1.807, 2.05) is 54.3 Å². The lowest BCUT2D eigenvalue weighted by atomic mass is 10.5. The van der Waals surface area contributed by atoms with E-state index in [2.05, 4.69) is 53.5 Å². The number of thiocarbonyl (C=S) groups is 1. The molecule has 0 fully saturated rings. The Labute approximate surface area is 155 Å². The molecule has 0 bridgehead atoms. The topological polar surface area (TPSA) is 6.48 Å². The second-order valence-corrected chi connectivity index (χ2v) is 11.8. The van der Waals surface area contributed by atoms with Gasteiger partial charge in [-0.05, 0) is 12.2 Å². The van der Waals surface area contributed by atoms with Gasteiger partial charge < -0.3 is 9.80 Å². The molecule has 0 aromatic heterocycles. The highest BCUT2D eigenvalue weighted by Crippen LogP contribution is 2.67. The van der Waals surface area contributed by atoms with Crippen LogP contribution in [0.1, 0.15) is 41.5 Å². The van der Waals surface area contributed by atoms with E-state index in [0.717, 1.165) is 5.11 Å². The minimum absolute atomic E-state index is 0.0423. The van der Waals surface area contributed by atoms with Gasteiger partial charge in [0, 0.05) is 46.7 Å². The fourth-order valence-corrected chi connectivity index (χ4v) is 6.91. The maximum atomic E-state index is 5.67. The average molecular weight is 379 g/mol. The summed E-state index contributed by atoms with van der Waals surface area (Å²) >= 11 is 11.7. The van der Waals surface area contributed by atoms with Crippen LogP contribution in [0.5, 0.6) is 0 Å². The van der Waals surface area contributed by atoms with Crippen LogP contribution in [-0.2, 0) is 0 Å². The predicted octanol–water partition coefficient (Wildman–Crippen LogP) is 5.11. The van der Waals surface area contributed by atoms with Crippen LogP contribution in [0, 0.1) is 0 Å². The summed E-state index contributed by atoms with van der Waals surface area (Å²) in [5.74, 6) is 0. The first kappa shape index (κ1) is 20.5. The molecule has 1 aliphatic carbocycles. The summed E-state index contributed by atoms with van der Waals surface area (Å²) in [5.41, 5.74) is 0. The molecule has 22 heavy (non-hydrogen) atoms. The van der Waals surface area contributed by atoms with Crippen molar-refractivity contribution < 1.29 is 0 Å². The van der Waals surface area contributed by atoms with Crippen molar-refractivity contribution in [2.75, 3.05) is 21.1 Å². The molecule has 0 saturated heterocycles. The first-order chi connectivity index (χ1) is 10.0. The third kappa shape index (κ3) is 4.52. The van der Waals surface area contributed by atoms with Gasteiger partial charge in [0.15, 0.2) is 9.98 Å². The molecule has 128 valence electrons. The van der Waals surface area contributed by atoms with Crippen molar-refractivity contribution in [3.8, 4) is 0 Å². The van der Waals surface area contributed by atoms with E-state index >= 15 is 0 Å². The van der Waals surface area contributed by atoms with E-state index in [0.29, 0.717) is 15.7 Å². The Morgan fingerprint density at radius 3 is 1.55 bits per heavy atom. The summed E-state index contributed by atoms with van der Waals surface area (Å²) < 4.78 is 0. The summed E-state index contributed by atoms with van der Waals surface area (Å²) in [7, 11) is 6.20. The minimum Gasteiger partial charge on any atom is -0.355 e. The van der Waals surface area contributed by atoms with Gasteiger partial charge in [-0.3, -0.25) is 0 Å². The molecule has 1 rings (SSSR count). The smallest absolute Gasteiger partial charge is 0.172 e. The molecule has 6 heteroatoms. The van der Waals surface area contributed by atoms with Gasteiger partial charge in [0.1, 0.15) is 0 Å². The summed E-state index contributed by atoms with van der Waals surface area (Å²) in [6.07, 6.45) is 0. The van der Waals surface area contributed by atoms with Gasteiger partial charge in [-0.1, -0.05) is 41.5 Å². The number of rotatable bonds is 7. The van der Waals surface area contributed by atoms with E-state index in [1.54, 1.807) is 0 Å². The second kappa shape index (κ2) is 8.04. The molecule has 0 heterocycles. The maximum Gasteiger partial charge on any atom is 0.172 e. The molecule has 0 radical (unpaired) electrons. The summed E-state index contributed by atoms with van der Waals surface area (Å²) in [5, 5.41) is 2.64. The first-order valence-electron chi connectivity index (χ1n) is 7.75. The molecule has 0 spiro atoms. The van der Waals surface area contributed by atoms with E-state index < -0.39 is 0 Å². The fraction of sp³-hybridized carbons (Fsp3) is 0.812. The van der Waals surface area contributed by atoms with Crippen LogP contribution in [0.3, 0.4) is 0 Å². The zero-order valence-corrected chi connectivity index (χ0v) is 18.5. The number of nitrogens with zero attached hydrogens (tertiary/aromatic N) is 2. The molecule has 0 atom stereocenters. The third-order valence-electron chi connectivity index (χ3n) is 3.01. The van der Waals surface area contributed by atoms with E-state index in [-0.39, 0.29) is 4.87 Å². The van der Waals surface area contributed by atoms with Crippen molar-refractivity contribution in [2.24, 2.45) is 0 Å². The lowest BCUT2D eigenvalue weighted by molar-refractivity contribution is 0.422. The number of likely N-dealkylation sites (N-methyl/N-ethyl adjacent to an activating group) is 1. The minimum atomic E-state index is -0.0423. The number of hydrogen-bond acceptors (Lipinski definition) is 4. The van der Waals surface area contributed by atoms with Gasteiger partial charge in [0.25, 0.3) is 0 Å². The molecule has 1 aliphatic rings. The molecule has 0 aromatic rings. The second-order valence-electron chi connectivity index (χ2n) is 6.54. The third-order valence-corrected chi connectivity index (χ3v) is 7.95. The van der Waals surface area contributed by atoms with Crippen LogP contribution in [0.2, 0.25) is 0 Å². The van der Waals surface area contributed by atoms with Crippen molar-refractivity contribution in [1.29, 1.82) is 0 Å². The zero-order chi connectivity index (χ0) is 17.2. The molecule has 0 N–H and O–H groups in total. The van der Waals surface area contributed by atoms with Crippen LogP contribution in [0.15, 0.2) is 9.81 Å². The predicted molar refractivity (Wildman–Crippen MR) is 112 cm³/mol. The van der Waals surface area contributed by atoms with E-state index in [9.17, 15) is 0 Å². The number of hydrogen-bond donors (Lipinski definition) is 0. The highest BCUT2D eigenvalue weighted by Gasteiger charge is 2.59. The molecular formula is C16H30N2S4. The lowest BCUT2D eigenvalue weighted by Gasteiger charge is -2.36. The van der Waals surface area contributed by atoms with Crippen LogP contribution in [-0.4, -0.2) is 56.7 Å². The van der Waals surface area contributed by atoms with Crippen molar-refractivity contribution in [2.45, 2.75) is 62.2 Å². The molecule has 0 aromatic carbocycles. The average Bonchev–Trinajstić information content (AvgIpc) is 2.92.